The highest BCUT2D eigenvalue weighted by molar-refractivity contribution is 5.88. The van der Waals surface area contributed by atoms with Crippen molar-refractivity contribution in [1.82, 2.24) is 5.32 Å². The highest BCUT2D eigenvalue weighted by Crippen LogP contribution is 2.23. The first-order valence-corrected chi connectivity index (χ1v) is 4.83. The molecule has 3 nitrogen and oxygen atoms in total. The Kier molecular flexibility index (Phi) is 3.09. The van der Waals surface area contributed by atoms with Gasteiger partial charge in [-0.1, -0.05) is 20.8 Å². The monoisotopic (exact) mass is 185 g/mol. The molecule has 1 heterocycles. The second-order valence-electron chi connectivity index (χ2n) is 4.86. The van der Waals surface area contributed by atoms with Gasteiger partial charge in [-0.15, -0.1) is 0 Å². The number of rotatable bonds is 2. The molecule has 1 rings (SSSR count). The van der Waals surface area contributed by atoms with Gasteiger partial charge in [-0.3, -0.25) is 4.79 Å². The first-order valence-electron chi connectivity index (χ1n) is 4.83. The SMILES string of the molecule is CC(C)(C)C(=O)[C@@H]1C[C@@H](CO)CN1. The molecule has 0 aromatic carbocycles. The summed E-state index contributed by atoms with van der Waals surface area (Å²) in [6.07, 6.45) is 0.784. The van der Waals surface area contributed by atoms with E-state index in [4.69, 9.17) is 5.11 Å². The van der Waals surface area contributed by atoms with E-state index < -0.39 is 0 Å². The standard InChI is InChI=1S/C10H19NO2/c1-10(2,3)9(13)8-4-7(6-12)5-11-8/h7-8,11-12H,4-6H2,1-3H3/t7-,8+/m1/s1. The van der Waals surface area contributed by atoms with Gasteiger partial charge in [-0.05, 0) is 12.3 Å². The Balaban J connectivity index is 2.52. The number of hydrogen-bond acceptors (Lipinski definition) is 3. The lowest BCUT2D eigenvalue weighted by molar-refractivity contribution is -0.128. The first kappa shape index (κ1) is 10.7. The molecule has 1 saturated heterocycles. The van der Waals surface area contributed by atoms with Crippen molar-refractivity contribution in [2.45, 2.75) is 33.2 Å². The Morgan fingerprint density at radius 1 is 1.54 bits per heavy atom. The van der Waals surface area contributed by atoms with Gasteiger partial charge < -0.3 is 10.4 Å². The normalized spacial score (nSPS) is 29.2. The van der Waals surface area contributed by atoms with Crippen molar-refractivity contribution in [2.24, 2.45) is 11.3 Å². The summed E-state index contributed by atoms with van der Waals surface area (Å²) in [6, 6.07) is -0.0443. The smallest absolute Gasteiger partial charge is 0.155 e. The van der Waals surface area contributed by atoms with Crippen LogP contribution in [-0.2, 0) is 4.79 Å². The van der Waals surface area contributed by atoms with E-state index >= 15 is 0 Å². The molecule has 1 aliphatic rings. The van der Waals surface area contributed by atoms with Crippen LogP contribution in [0.5, 0.6) is 0 Å². The maximum Gasteiger partial charge on any atom is 0.155 e. The van der Waals surface area contributed by atoms with Crippen LogP contribution in [0.25, 0.3) is 0 Å². The molecule has 0 unspecified atom stereocenters. The Bertz CT molecular complexity index is 196. The van der Waals surface area contributed by atoms with Gasteiger partial charge in [-0.25, -0.2) is 0 Å². The highest BCUT2D eigenvalue weighted by Gasteiger charge is 2.34. The maximum atomic E-state index is 11.8. The van der Waals surface area contributed by atoms with Crippen LogP contribution in [0.4, 0.5) is 0 Å². The van der Waals surface area contributed by atoms with Crippen LogP contribution >= 0.6 is 0 Å². The summed E-state index contributed by atoms with van der Waals surface area (Å²) in [4.78, 5) is 11.8. The van der Waals surface area contributed by atoms with Crippen LogP contribution in [0.1, 0.15) is 27.2 Å². The largest absolute Gasteiger partial charge is 0.396 e. The topological polar surface area (TPSA) is 49.3 Å². The molecule has 0 aromatic heterocycles. The molecule has 13 heavy (non-hydrogen) atoms. The number of nitrogens with one attached hydrogen (secondary N) is 1. The van der Waals surface area contributed by atoms with Crippen molar-refractivity contribution in [1.29, 1.82) is 0 Å². The molecule has 1 aliphatic heterocycles. The van der Waals surface area contributed by atoms with Gasteiger partial charge in [0.2, 0.25) is 0 Å². The fraction of sp³-hybridized carbons (Fsp3) is 0.900. The summed E-state index contributed by atoms with van der Waals surface area (Å²) < 4.78 is 0. The minimum absolute atomic E-state index is 0.0443. The van der Waals surface area contributed by atoms with Crippen LogP contribution in [-0.4, -0.2) is 30.1 Å². The van der Waals surface area contributed by atoms with E-state index in [9.17, 15) is 4.79 Å². The summed E-state index contributed by atoms with van der Waals surface area (Å²) >= 11 is 0. The Hall–Kier alpha value is -0.410. The van der Waals surface area contributed by atoms with Gasteiger partial charge in [0.15, 0.2) is 5.78 Å². The van der Waals surface area contributed by atoms with Crippen molar-refractivity contribution < 1.29 is 9.90 Å². The van der Waals surface area contributed by atoms with Gasteiger partial charge in [0, 0.05) is 18.6 Å². The van der Waals surface area contributed by atoms with Crippen molar-refractivity contribution in [3.8, 4) is 0 Å². The van der Waals surface area contributed by atoms with Crippen molar-refractivity contribution in [2.75, 3.05) is 13.2 Å². The minimum Gasteiger partial charge on any atom is -0.396 e. The van der Waals surface area contributed by atoms with Gasteiger partial charge in [0.1, 0.15) is 0 Å². The van der Waals surface area contributed by atoms with Crippen molar-refractivity contribution in [3.63, 3.8) is 0 Å². The van der Waals surface area contributed by atoms with Crippen LogP contribution < -0.4 is 5.32 Å². The molecule has 2 atom stereocenters. The maximum absolute atomic E-state index is 11.8. The Labute approximate surface area is 79.5 Å². The van der Waals surface area contributed by atoms with E-state index in [1.807, 2.05) is 20.8 Å². The molecular weight excluding hydrogens is 166 g/mol. The molecule has 3 heteroatoms. The average Bonchev–Trinajstić information content (AvgIpc) is 2.48. The molecule has 0 spiro atoms. The molecule has 0 amide bonds. The molecule has 0 aliphatic carbocycles. The van der Waals surface area contributed by atoms with Gasteiger partial charge in [0.05, 0.1) is 6.04 Å². The van der Waals surface area contributed by atoms with Crippen LogP contribution in [0.3, 0.4) is 0 Å². The number of carbonyl (C=O) groups excluding carboxylic acids is 1. The number of aliphatic hydroxyl groups is 1. The molecule has 76 valence electrons. The number of Topliss-reactive ketones (excluding diaryl/α,β-unsaturated/α-hetero) is 1. The lowest BCUT2D eigenvalue weighted by Crippen LogP contribution is -2.38. The third-order valence-electron chi connectivity index (χ3n) is 2.54. The van der Waals surface area contributed by atoms with Crippen molar-refractivity contribution >= 4 is 5.78 Å². The van der Waals surface area contributed by atoms with E-state index in [1.165, 1.54) is 0 Å². The van der Waals surface area contributed by atoms with E-state index in [2.05, 4.69) is 5.32 Å². The quantitative estimate of drug-likeness (QED) is 0.661. The van der Waals surface area contributed by atoms with E-state index in [-0.39, 0.29) is 29.8 Å². The molecule has 0 radical (unpaired) electrons. The second kappa shape index (κ2) is 3.76. The zero-order valence-electron chi connectivity index (χ0n) is 8.63. The second-order valence-corrected chi connectivity index (χ2v) is 4.86. The lowest BCUT2D eigenvalue weighted by Gasteiger charge is -2.21. The van der Waals surface area contributed by atoms with Crippen LogP contribution in [0.15, 0.2) is 0 Å². The molecule has 2 N–H and O–H groups in total. The number of hydrogen-bond donors (Lipinski definition) is 2. The summed E-state index contributed by atoms with van der Waals surface area (Å²) in [7, 11) is 0. The van der Waals surface area contributed by atoms with Gasteiger partial charge in [0.25, 0.3) is 0 Å². The van der Waals surface area contributed by atoms with Gasteiger partial charge in [-0.2, -0.15) is 0 Å². The predicted octanol–water partition coefficient (Wildman–Crippen LogP) is 0.572. The van der Waals surface area contributed by atoms with Gasteiger partial charge >= 0.3 is 0 Å². The summed E-state index contributed by atoms with van der Waals surface area (Å²) in [5.74, 6) is 0.514. The number of aliphatic hydroxyl groups excluding tert-OH is 1. The van der Waals surface area contributed by atoms with E-state index in [0.29, 0.717) is 0 Å². The zero-order chi connectivity index (χ0) is 10.1. The third-order valence-corrected chi connectivity index (χ3v) is 2.54. The van der Waals surface area contributed by atoms with Crippen LogP contribution in [0, 0.1) is 11.3 Å². The third kappa shape index (κ3) is 2.51. The fourth-order valence-corrected chi connectivity index (χ4v) is 1.67. The molecule has 0 bridgehead atoms. The van der Waals surface area contributed by atoms with E-state index in [1.54, 1.807) is 0 Å². The molecule has 0 aromatic rings. The van der Waals surface area contributed by atoms with E-state index in [0.717, 1.165) is 13.0 Å². The molecule has 0 saturated carbocycles. The summed E-state index contributed by atoms with van der Waals surface area (Å²) in [5.41, 5.74) is -0.276. The zero-order valence-corrected chi connectivity index (χ0v) is 8.63. The Morgan fingerprint density at radius 2 is 2.15 bits per heavy atom. The predicted molar refractivity (Wildman–Crippen MR) is 51.4 cm³/mol. The molecule has 1 fully saturated rings. The van der Waals surface area contributed by atoms with Crippen molar-refractivity contribution in [3.05, 3.63) is 0 Å². The summed E-state index contributed by atoms with van der Waals surface area (Å²) in [5, 5.41) is 12.1. The van der Waals surface area contributed by atoms with Crippen LogP contribution in [0.2, 0.25) is 0 Å². The highest BCUT2D eigenvalue weighted by atomic mass is 16.3. The summed E-state index contributed by atoms with van der Waals surface area (Å²) in [6.45, 7) is 6.75. The number of ketones is 1. The fourth-order valence-electron chi connectivity index (χ4n) is 1.67. The average molecular weight is 185 g/mol. The number of carbonyl (C=O) groups is 1. The minimum atomic E-state index is -0.276. The Morgan fingerprint density at radius 3 is 2.54 bits per heavy atom. The molecular formula is C10H19NO2. The first-order chi connectivity index (χ1) is 5.95. The lowest BCUT2D eigenvalue weighted by atomic mass is 9.85.